The van der Waals surface area contributed by atoms with Crippen LogP contribution in [0.5, 0.6) is 23.0 Å². The quantitative estimate of drug-likeness (QED) is 0.375. The summed E-state index contributed by atoms with van der Waals surface area (Å²) in [6.07, 6.45) is 5.31. The second kappa shape index (κ2) is 11.2. The van der Waals surface area contributed by atoms with E-state index in [4.69, 9.17) is 14.2 Å². The van der Waals surface area contributed by atoms with E-state index >= 15 is 0 Å². The van der Waals surface area contributed by atoms with Crippen molar-refractivity contribution < 1.29 is 24.1 Å². The highest BCUT2D eigenvalue weighted by Crippen LogP contribution is 2.28. The van der Waals surface area contributed by atoms with E-state index in [1.165, 1.54) is 19.3 Å². The molecule has 0 aliphatic heterocycles. The molecule has 2 N–H and O–H groups in total. The number of hydrogen-bond acceptors (Lipinski definition) is 6. The third-order valence-electron chi connectivity index (χ3n) is 4.27. The van der Waals surface area contributed by atoms with Crippen molar-refractivity contribution in [3.8, 4) is 29.1 Å². The fraction of sp³-hybridized carbons (Fsp3) is 0.217. The molecule has 0 spiro atoms. The van der Waals surface area contributed by atoms with Crippen LogP contribution >= 0.6 is 0 Å². The first-order chi connectivity index (χ1) is 14.5. The van der Waals surface area contributed by atoms with Gasteiger partial charge in [0.25, 0.3) is 5.91 Å². The van der Waals surface area contributed by atoms with Crippen LogP contribution in [0, 0.1) is 11.3 Å². The number of ether oxygens (including phenoxy) is 3. The number of carbonyl (C=O) groups excluding carboxylic acids is 1. The van der Waals surface area contributed by atoms with E-state index in [-0.39, 0.29) is 11.3 Å². The number of rotatable bonds is 9. The third-order valence-corrected chi connectivity index (χ3v) is 4.27. The summed E-state index contributed by atoms with van der Waals surface area (Å²) in [4.78, 5) is 12.2. The van der Waals surface area contributed by atoms with Crippen molar-refractivity contribution in [2.45, 2.75) is 6.42 Å². The predicted molar refractivity (Wildman–Crippen MR) is 114 cm³/mol. The number of carbonyl (C=O) groups is 1. The molecule has 0 saturated heterocycles. The minimum atomic E-state index is -0.453. The fourth-order valence-electron chi connectivity index (χ4n) is 2.67. The van der Waals surface area contributed by atoms with Gasteiger partial charge in [-0.15, -0.1) is 0 Å². The number of benzene rings is 2. The van der Waals surface area contributed by atoms with Crippen molar-refractivity contribution in [3.05, 3.63) is 65.3 Å². The maximum Gasteiger partial charge on any atom is 0.261 e. The summed E-state index contributed by atoms with van der Waals surface area (Å²) in [6, 6.07) is 12.3. The molecule has 0 bridgehead atoms. The standard InChI is InChI=1S/C23H24N2O5/c1-28-20-10-8-17(14-22(20)30-3)11-12-25-23(27)18(15-24)6-4-5-16-7-9-19(26)21(13-16)29-2/h4-10,13-14,26H,11-12H2,1-3H3,(H,25,27)/b5-4+,18-6+. The van der Waals surface area contributed by atoms with Gasteiger partial charge in [0.2, 0.25) is 0 Å². The Labute approximate surface area is 175 Å². The van der Waals surface area contributed by atoms with Gasteiger partial charge in [-0.05, 0) is 47.9 Å². The number of nitrogens with one attached hydrogen (secondary N) is 1. The molecule has 0 fully saturated rings. The molecule has 7 heteroatoms. The number of phenols is 1. The summed E-state index contributed by atoms with van der Waals surface area (Å²) in [5.41, 5.74) is 1.72. The average molecular weight is 408 g/mol. The van der Waals surface area contributed by atoms with Crippen molar-refractivity contribution >= 4 is 12.0 Å². The Bertz CT molecular complexity index is 990. The molecule has 0 aromatic heterocycles. The van der Waals surface area contributed by atoms with Crippen molar-refractivity contribution in [2.24, 2.45) is 0 Å². The van der Waals surface area contributed by atoms with Crippen molar-refractivity contribution in [1.29, 1.82) is 5.26 Å². The maximum atomic E-state index is 12.2. The summed E-state index contributed by atoms with van der Waals surface area (Å²) >= 11 is 0. The minimum Gasteiger partial charge on any atom is -0.504 e. The van der Waals surface area contributed by atoms with E-state index in [0.29, 0.717) is 30.2 Å². The lowest BCUT2D eigenvalue weighted by Crippen LogP contribution is -2.26. The lowest BCUT2D eigenvalue weighted by Gasteiger charge is -2.10. The van der Waals surface area contributed by atoms with Crippen LogP contribution in [-0.4, -0.2) is 38.9 Å². The Morgan fingerprint density at radius 1 is 1.07 bits per heavy atom. The van der Waals surface area contributed by atoms with Crippen LogP contribution in [0.25, 0.3) is 6.08 Å². The van der Waals surface area contributed by atoms with Crippen LogP contribution in [0.1, 0.15) is 11.1 Å². The lowest BCUT2D eigenvalue weighted by atomic mass is 10.1. The molecular weight excluding hydrogens is 384 g/mol. The van der Waals surface area contributed by atoms with Gasteiger partial charge in [0.15, 0.2) is 23.0 Å². The van der Waals surface area contributed by atoms with E-state index in [1.54, 1.807) is 44.6 Å². The van der Waals surface area contributed by atoms with Gasteiger partial charge in [-0.1, -0.05) is 24.3 Å². The Morgan fingerprint density at radius 3 is 2.47 bits per heavy atom. The number of nitrogens with zero attached hydrogens (tertiary/aromatic N) is 1. The number of hydrogen-bond donors (Lipinski definition) is 2. The zero-order valence-corrected chi connectivity index (χ0v) is 17.1. The Balaban J connectivity index is 1.95. The van der Waals surface area contributed by atoms with Crippen LogP contribution in [0.15, 0.2) is 54.1 Å². The summed E-state index contributed by atoms with van der Waals surface area (Å²) in [5.74, 6) is 1.19. The third kappa shape index (κ3) is 6.04. The molecule has 30 heavy (non-hydrogen) atoms. The average Bonchev–Trinajstić information content (AvgIpc) is 2.77. The van der Waals surface area contributed by atoms with Gasteiger partial charge in [-0.2, -0.15) is 5.26 Å². The zero-order valence-electron chi connectivity index (χ0n) is 17.1. The Hall–Kier alpha value is -3.92. The highest BCUT2D eigenvalue weighted by atomic mass is 16.5. The topological polar surface area (TPSA) is 101 Å². The van der Waals surface area contributed by atoms with Gasteiger partial charge in [0.1, 0.15) is 11.6 Å². The van der Waals surface area contributed by atoms with Gasteiger partial charge in [0.05, 0.1) is 21.3 Å². The molecule has 0 atom stereocenters. The van der Waals surface area contributed by atoms with Gasteiger partial charge in [0, 0.05) is 6.54 Å². The number of phenolic OH excluding ortho intramolecular Hbond substituents is 1. The molecule has 0 radical (unpaired) electrons. The van der Waals surface area contributed by atoms with E-state index in [1.807, 2.05) is 18.2 Å². The predicted octanol–water partition coefficient (Wildman–Crippen LogP) is 3.24. The number of methoxy groups -OCH3 is 3. The minimum absolute atomic E-state index is 0.00990. The Morgan fingerprint density at radius 2 is 1.80 bits per heavy atom. The van der Waals surface area contributed by atoms with Crippen molar-refractivity contribution in [3.63, 3.8) is 0 Å². The lowest BCUT2D eigenvalue weighted by molar-refractivity contribution is -0.117. The van der Waals surface area contributed by atoms with Gasteiger partial charge in [-0.3, -0.25) is 4.79 Å². The molecule has 2 aromatic rings. The Kier molecular flexibility index (Phi) is 8.33. The highest BCUT2D eigenvalue weighted by Gasteiger charge is 2.08. The summed E-state index contributed by atoms with van der Waals surface area (Å²) in [5, 5.41) is 21.6. The normalized spacial score (nSPS) is 11.1. The first-order valence-electron chi connectivity index (χ1n) is 9.17. The SMILES string of the molecule is COc1cc(/C=C/C=C(\C#N)C(=O)NCCc2ccc(OC)c(OC)c2)ccc1O. The van der Waals surface area contributed by atoms with Crippen LogP contribution in [0.2, 0.25) is 0 Å². The molecule has 7 nitrogen and oxygen atoms in total. The first kappa shape index (κ1) is 22.4. The van der Waals surface area contributed by atoms with Crippen LogP contribution in [-0.2, 0) is 11.2 Å². The number of aromatic hydroxyl groups is 1. The number of allylic oxidation sites excluding steroid dienone is 2. The largest absolute Gasteiger partial charge is 0.504 e. The second-order valence-corrected chi connectivity index (χ2v) is 6.18. The molecule has 156 valence electrons. The van der Waals surface area contributed by atoms with E-state index in [9.17, 15) is 15.2 Å². The molecule has 0 aliphatic rings. The molecule has 0 aliphatic carbocycles. The van der Waals surface area contributed by atoms with E-state index in [2.05, 4.69) is 5.32 Å². The first-order valence-corrected chi connectivity index (χ1v) is 9.17. The molecular formula is C23H24N2O5. The summed E-state index contributed by atoms with van der Waals surface area (Å²) in [7, 11) is 4.60. The molecule has 1 amide bonds. The molecule has 2 aromatic carbocycles. The monoisotopic (exact) mass is 408 g/mol. The zero-order chi connectivity index (χ0) is 21.9. The van der Waals surface area contributed by atoms with Gasteiger partial charge >= 0.3 is 0 Å². The van der Waals surface area contributed by atoms with Crippen LogP contribution in [0.4, 0.5) is 0 Å². The molecule has 0 unspecified atom stereocenters. The molecule has 2 rings (SSSR count). The summed E-state index contributed by atoms with van der Waals surface area (Å²) in [6.45, 7) is 0.367. The number of amides is 1. The smallest absolute Gasteiger partial charge is 0.261 e. The van der Waals surface area contributed by atoms with Crippen molar-refractivity contribution in [2.75, 3.05) is 27.9 Å². The maximum absolute atomic E-state index is 12.2. The van der Waals surface area contributed by atoms with Crippen LogP contribution < -0.4 is 19.5 Å². The van der Waals surface area contributed by atoms with E-state index in [0.717, 1.165) is 11.1 Å². The number of nitriles is 1. The second-order valence-electron chi connectivity index (χ2n) is 6.18. The summed E-state index contributed by atoms with van der Waals surface area (Å²) < 4.78 is 15.5. The van der Waals surface area contributed by atoms with E-state index < -0.39 is 5.91 Å². The fourth-order valence-corrected chi connectivity index (χ4v) is 2.67. The molecule has 0 heterocycles. The van der Waals surface area contributed by atoms with Crippen LogP contribution in [0.3, 0.4) is 0 Å². The van der Waals surface area contributed by atoms with Gasteiger partial charge < -0.3 is 24.6 Å². The van der Waals surface area contributed by atoms with Gasteiger partial charge in [-0.25, -0.2) is 0 Å². The van der Waals surface area contributed by atoms with Crippen molar-refractivity contribution in [1.82, 2.24) is 5.32 Å². The molecule has 0 saturated carbocycles. The highest BCUT2D eigenvalue weighted by molar-refractivity contribution is 5.97.